The smallest absolute Gasteiger partial charge is 0.309 e. The molecule has 1 saturated carbocycles. The van der Waals surface area contributed by atoms with Gasteiger partial charge in [0.05, 0.1) is 0 Å². The second kappa shape index (κ2) is 9.18. The fourth-order valence-corrected chi connectivity index (χ4v) is 3.63. The molecule has 1 aliphatic rings. The lowest BCUT2D eigenvalue weighted by Crippen LogP contribution is -2.44. The molecular formula is C22H26N2O2. The summed E-state index contributed by atoms with van der Waals surface area (Å²) in [5.74, 6) is -0.847. The lowest BCUT2D eigenvalue weighted by Gasteiger charge is -2.18. The summed E-state index contributed by atoms with van der Waals surface area (Å²) in [6, 6.07) is 20.7. The minimum atomic E-state index is -0.531. The van der Waals surface area contributed by atoms with Crippen LogP contribution < -0.4 is 10.6 Å². The van der Waals surface area contributed by atoms with Crippen molar-refractivity contribution in [2.24, 2.45) is 0 Å². The van der Waals surface area contributed by atoms with Crippen molar-refractivity contribution in [2.45, 2.75) is 44.1 Å². The van der Waals surface area contributed by atoms with E-state index in [0.29, 0.717) is 6.54 Å². The molecule has 2 amide bonds. The summed E-state index contributed by atoms with van der Waals surface area (Å²) in [4.78, 5) is 24.1. The van der Waals surface area contributed by atoms with Crippen LogP contribution in [0.5, 0.6) is 0 Å². The molecule has 3 rings (SSSR count). The van der Waals surface area contributed by atoms with Crippen LogP contribution in [-0.4, -0.2) is 24.4 Å². The van der Waals surface area contributed by atoms with Gasteiger partial charge >= 0.3 is 11.8 Å². The molecule has 4 nitrogen and oxygen atoms in total. The van der Waals surface area contributed by atoms with Gasteiger partial charge in [0.15, 0.2) is 0 Å². The highest BCUT2D eigenvalue weighted by molar-refractivity contribution is 6.35. The van der Waals surface area contributed by atoms with Crippen molar-refractivity contribution < 1.29 is 9.59 Å². The van der Waals surface area contributed by atoms with Crippen molar-refractivity contribution in [3.05, 3.63) is 71.8 Å². The molecule has 0 heterocycles. The molecule has 1 aliphatic carbocycles. The first-order valence-electron chi connectivity index (χ1n) is 9.42. The Balaban J connectivity index is 1.56. The first kappa shape index (κ1) is 18.2. The van der Waals surface area contributed by atoms with Crippen LogP contribution in [0, 0.1) is 0 Å². The van der Waals surface area contributed by atoms with Crippen LogP contribution in [0.4, 0.5) is 0 Å². The van der Waals surface area contributed by atoms with Crippen molar-refractivity contribution in [2.75, 3.05) is 6.54 Å². The van der Waals surface area contributed by atoms with Crippen molar-refractivity contribution in [3.8, 4) is 0 Å². The maximum Gasteiger partial charge on any atom is 0.309 e. The van der Waals surface area contributed by atoms with Gasteiger partial charge in [-0.2, -0.15) is 0 Å². The first-order valence-corrected chi connectivity index (χ1v) is 9.42. The lowest BCUT2D eigenvalue weighted by atomic mass is 9.88. The van der Waals surface area contributed by atoms with Gasteiger partial charge in [-0.3, -0.25) is 9.59 Å². The monoisotopic (exact) mass is 350 g/mol. The highest BCUT2D eigenvalue weighted by Crippen LogP contribution is 2.27. The molecule has 0 spiro atoms. The SMILES string of the molecule is O=C(NCCC(c1ccccc1)c1ccccc1)C(=O)NC1CCCC1. The van der Waals surface area contributed by atoms with Gasteiger partial charge in [-0.25, -0.2) is 0 Å². The number of benzene rings is 2. The van der Waals surface area contributed by atoms with Crippen LogP contribution in [0.2, 0.25) is 0 Å². The number of carbonyl (C=O) groups excluding carboxylic acids is 2. The van der Waals surface area contributed by atoms with Gasteiger partial charge in [0.1, 0.15) is 0 Å². The van der Waals surface area contributed by atoms with Gasteiger partial charge in [0, 0.05) is 18.5 Å². The molecule has 2 N–H and O–H groups in total. The van der Waals surface area contributed by atoms with Crippen LogP contribution in [0.15, 0.2) is 60.7 Å². The van der Waals surface area contributed by atoms with E-state index >= 15 is 0 Å². The summed E-state index contributed by atoms with van der Waals surface area (Å²) in [5, 5.41) is 5.60. The molecule has 2 aromatic rings. The fourth-order valence-electron chi connectivity index (χ4n) is 3.63. The van der Waals surface area contributed by atoms with E-state index in [0.717, 1.165) is 32.1 Å². The number of nitrogens with one attached hydrogen (secondary N) is 2. The van der Waals surface area contributed by atoms with Crippen LogP contribution in [0.25, 0.3) is 0 Å². The predicted molar refractivity (Wildman–Crippen MR) is 103 cm³/mol. The maximum absolute atomic E-state index is 12.1. The van der Waals surface area contributed by atoms with Gasteiger partial charge in [-0.1, -0.05) is 73.5 Å². The molecule has 0 saturated heterocycles. The molecule has 0 aliphatic heterocycles. The molecule has 1 fully saturated rings. The van der Waals surface area contributed by atoms with E-state index in [1.165, 1.54) is 11.1 Å². The zero-order valence-electron chi connectivity index (χ0n) is 15.0. The van der Waals surface area contributed by atoms with E-state index in [1.807, 2.05) is 36.4 Å². The molecule has 0 bridgehead atoms. The Morgan fingerprint density at radius 2 is 1.38 bits per heavy atom. The van der Waals surface area contributed by atoms with E-state index in [2.05, 4.69) is 34.9 Å². The summed E-state index contributed by atoms with van der Waals surface area (Å²) in [6.45, 7) is 0.464. The fraction of sp³-hybridized carbons (Fsp3) is 0.364. The lowest BCUT2D eigenvalue weighted by molar-refractivity contribution is -0.139. The zero-order chi connectivity index (χ0) is 18.2. The Kier molecular flexibility index (Phi) is 6.42. The van der Waals surface area contributed by atoms with Crippen molar-refractivity contribution in [3.63, 3.8) is 0 Å². The van der Waals surface area contributed by atoms with Crippen molar-refractivity contribution in [1.82, 2.24) is 10.6 Å². The van der Waals surface area contributed by atoms with Crippen LogP contribution in [0.1, 0.15) is 49.1 Å². The van der Waals surface area contributed by atoms with E-state index in [-0.39, 0.29) is 12.0 Å². The van der Waals surface area contributed by atoms with Crippen LogP contribution in [-0.2, 0) is 9.59 Å². The first-order chi connectivity index (χ1) is 12.7. The molecule has 0 aromatic heterocycles. The second-order valence-corrected chi connectivity index (χ2v) is 6.87. The van der Waals surface area contributed by atoms with E-state index in [9.17, 15) is 9.59 Å². The summed E-state index contributed by atoms with van der Waals surface area (Å²) in [7, 11) is 0. The van der Waals surface area contributed by atoms with E-state index in [1.54, 1.807) is 0 Å². The third-order valence-electron chi connectivity index (χ3n) is 5.02. The quantitative estimate of drug-likeness (QED) is 0.785. The van der Waals surface area contributed by atoms with E-state index in [4.69, 9.17) is 0 Å². The van der Waals surface area contributed by atoms with Crippen LogP contribution >= 0.6 is 0 Å². The summed E-state index contributed by atoms with van der Waals surface area (Å²) < 4.78 is 0. The summed E-state index contributed by atoms with van der Waals surface area (Å²) >= 11 is 0. The maximum atomic E-state index is 12.1. The number of carbonyl (C=O) groups is 2. The molecule has 4 heteroatoms. The summed E-state index contributed by atoms with van der Waals surface area (Å²) in [6.07, 6.45) is 4.95. The van der Waals surface area contributed by atoms with Gasteiger partial charge in [-0.15, -0.1) is 0 Å². The summed E-state index contributed by atoms with van der Waals surface area (Å²) in [5.41, 5.74) is 2.42. The number of hydrogen-bond donors (Lipinski definition) is 2. The number of rotatable bonds is 6. The van der Waals surface area contributed by atoms with Gasteiger partial charge in [-0.05, 0) is 30.4 Å². The normalized spacial score (nSPS) is 14.3. The minimum absolute atomic E-state index is 0.162. The highest BCUT2D eigenvalue weighted by Gasteiger charge is 2.21. The van der Waals surface area contributed by atoms with E-state index < -0.39 is 11.8 Å². The average molecular weight is 350 g/mol. The highest BCUT2D eigenvalue weighted by atomic mass is 16.2. The Hall–Kier alpha value is -2.62. The second-order valence-electron chi connectivity index (χ2n) is 6.87. The Morgan fingerprint density at radius 1 is 0.846 bits per heavy atom. The molecular weight excluding hydrogens is 324 g/mol. The Labute approximate surface area is 155 Å². The topological polar surface area (TPSA) is 58.2 Å². The molecule has 0 unspecified atom stereocenters. The van der Waals surface area contributed by atoms with Gasteiger partial charge in [0.2, 0.25) is 0 Å². The minimum Gasteiger partial charge on any atom is -0.348 e. The largest absolute Gasteiger partial charge is 0.348 e. The standard InChI is InChI=1S/C22H26N2O2/c25-21(22(26)24-19-13-7-8-14-19)23-16-15-20(17-9-3-1-4-10-17)18-11-5-2-6-12-18/h1-6,9-12,19-20H,7-8,13-16H2,(H,23,25)(H,24,26). The zero-order valence-corrected chi connectivity index (χ0v) is 15.0. The third-order valence-corrected chi connectivity index (χ3v) is 5.02. The Bertz CT molecular complexity index is 670. The van der Waals surface area contributed by atoms with Crippen LogP contribution in [0.3, 0.4) is 0 Å². The van der Waals surface area contributed by atoms with Gasteiger partial charge < -0.3 is 10.6 Å². The number of hydrogen-bond acceptors (Lipinski definition) is 2. The van der Waals surface area contributed by atoms with Gasteiger partial charge in [0.25, 0.3) is 0 Å². The molecule has 0 radical (unpaired) electrons. The predicted octanol–water partition coefficient (Wildman–Crippen LogP) is 3.38. The molecule has 2 aromatic carbocycles. The third kappa shape index (κ3) is 4.94. The molecule has 136 valence electrons. The average Bonchev–Trinajstić information content (AvgIpc) is 3.19. The Morgan fingerprint density at radius 3 is 1.92 bits per heavy atom. The molecule has 26 heavy (non-hydrogen) atoms. The van der Waals surface area contributed by atoms with Crippen molar-refractivity contribution in [1.29, 1.82) is 0 Å². The number of amides is 2. The van der Waals surface area contributed by atoms with Crippen molar-refractivity contribution >= 4 is 11.8 Å². The molecule has 0 atom stereocenters.